The summed E-state index contributed by atoms with van der Waals surface area (Å²) in [7, 11) is 3.32. The van der Waals surface area contributed by atoms with E-state index < -0.39 is 11.9 Å². The highest BCUT2D eigenvalue weighted by Gasteiger charge is 2.29. The van der Waals surface area contributed by atoms with Crippen LogP contribution in [0.15, 0.2) is 0 Å². The maximum atomic E-state index is 11.8. The number of ether oxygens (including phenoxy) is 1. The number of esters is 1. The summed E-state index contributed by atoms with van der Waals surface area (Å²) in [5, 5.41) is 2.89. The van der Waals surface area contributed by atoms with Crippen molar-refractivity contribution in [1.29, 1.82) is 0 Å². The lowest BCUT2D eigenvalue weighted by molar-refractivity contribution is -0.150. The molecule has 0 radical (unpaired) electrons. The van der Waals surface area contributed by atoms with Crippen molar-refractivity contribution in [1.82, 2.24) is 10.2 Å². The van der Waals surface area contributed by atoms with E-state index in [0.29, 0.717) is 6.42 Å². The maximum Gasteiger partial charge on any atom is 0.318 e. The fourth-order valence-electron chi connectivity index (χ4n) is 1.96. The summed E-state index contributed by atoms with van der Waals surface area (Å²) in [4.78, 5) is 25.3. The molecule has 1 rings (SSSR count). The van der Waals surface area contributed by atoms with Gasteiger partial charge in [0.2, 0.25) is 5.91 Å². The Kier molecular flexibility index (Phi) is 4.73. The highest BCUT2D eigenvalue weighted by molar-refractivity contribution is 5.97. The number of hydrogen-bond donors (Lipinski definition) is 1. The molecule has 0 aromatic carbocycles. The van der Waals surface area contributed by atoms with Crippen molar-refractivity contribution in [2.45, 2.75) is 25.8 Å². The van der Waals surface area contributed by atoms with Crippen molar-refractivity contribution in [3.63, 3.8) is 0 Å². The maximum absolute atomic E-state index is 11.8. The highest BCUT2D eigenvalue weighted by atomic mass is 16.5. The van der Waals surface area contributed by atoms with Gasteiger partial charge in [-0.2, -0.15) is 0 Å². The standard InChI is InChI=1S/C11H20N2O3/c1-4-9(11(15)16-3)10(14)12-8-5-6-13(2)7-8/h8-9H,4-7H2,1-3H3,(H,12,14). The van der Waals surface area contributed by atoms with Crippen LogP contribution in [0.5, 0.6) is 0 Å². The number of nitrogens with one attached hydrogen (secondary N) is 1. The molecular weight excluding hydrogens is 208 g/mol. The second-order valence-electron chi connectivity index (χ2n) is 4.24. The largest absolute Gasteiger partial charge is 0.468 e. The molecule has 1 N–H and O–H groups in total. The Morgan fingerprint density at radius 1 is 1.56 bits per heavy atom. The van der Waals surface area contributed by atoms with Gasteiger partial charge in [-0.3, -0.25) is 9.59 Å². The van der Waals surface area contributed by atoms with E-state index in [4.69, 9.17) is 0 Å². The van der Waals surface area contributed by atoms with Crippen molar-refractivity contribution >= 4 is 11.9 Å². The summed E-state index contributed by atoms with van der Waals surface area (Å²) >= 11 is 0. The second kappa shape index (κ2) is 5.84. The van der Waals surface area contributed by atoms with Crippen LogP contribution in [0.4, 0.5) is 0 Å². The number of nitrogens with zero attached hydrogens (tertiary/aromatic N) is 1. The van der Waals surface area contributed by atoms with Gasteiger partial charge in [-0.25, -0.2) is 0 Å². The lowest BCUT2D eigenvalue weighted by atomic mass is 10.1. The summed E-state index contributed by atoms with van der Waals surface area (Å²) in [6.45, 7) is 3.64. The molecule has 16 heavy (non-hydrogen) atoms. The first kappa shape index (κ1) is 13.0. The zero-order valence-corrected chi connectivity index (χ0v) is 10.2. The lowest BCUT2D eigenvalue weighted by Crippen LogP contribution is -2.42. The van der Waals surface area contributed by atoms with Gasteiger partial charge < -0.3 is 15.0 Å². The minimum Gasteiger partial charge on any atom is -0.468 e. The molecule has 0 aromatic rings. The normalized spacial score (nSPS) is 22.8. The van der Waals surface area contributed by atoms with Crippen molar-refractivity contribution in [3.05, 3.63) is 0 Å². The molecule has 5 nitrogen and oxygen atoms in total. The molecule has 1 fully saturated rings. The van der Waals surface area contributed by atoms with E-state index in [-0.39, 0.29) is 11.9 Å². The average molecular weight is 228 g/mol. The predicted molar refractivity (Wildman–Crippen MR) is 59.8 cm³/mol. The number of carbonyl (C=O) groups excluding carboxylic acids is 2. The minimum absolute atomic E-state index is 0.163. The lowest BCUT2D eigenvalue weighted by Gasteiger charge is -2.17. The molecule has 0 spiro atoms. The molecule has 0 bridgehead atoms. The summed E-state index contributed by atoms with van der Waals surface area (Å²) < 4.78 is 4.60. The van der Waals surface area contributed by atoms with Crippen molar-refractivity contribution in [2.24, 2.45) is 5.92 Å². The van der Waals surface area contributed by atoms with Gasteiger partial charge >= 0.3 is 5.97 Å². The summed E-state index contributed by atoms with van der Waals surface area (Å²) in [6.07, 6.45) is 1.42. The molecule has 0 aromatic heterocycles. The van der Waals surface area contributed by atoms with E-state index in [2.05, 4.69) is 15.0 Å². The van der Waals surface area contributed by atoms with Crippen LogP contribution in [0.25, 0.3) is 0 Å². The van der Waals surface area contributed by atoms with Crippen molar-refractivity contribution in [2.75, 3.05) is 27.2 Å². The minimum atomic E-state index is -0.670. The van der Waals surface area contributed by atoms with Crippen molar-refractivity contribution < 1.29 is 14.3 Å². The molecule has 2 atom stereocenters. The number of carbonyl (C=O) groups is 2. The van der Waals surface area contributed by atoms with Crippen LogP contribution >= 0.6 is 0 Å². The van der Waals surface area contributed by atoms with Gasteiger partial charge in [-0.15, -0.1) is 0 Å². The van der Waals surface area contributed by atoms with E-state index in [1.807, 2.05) is 14.0 Å². The SMILES string of the molecule is CCC(C(=O)NC1CCN(C)C1)C(=O)OC. The molecule has 1 aliphatic rings. The quantitative estimate of drug-likeness (QED) is 0.544. The Labute approximate surface area is 96.1 Å². The number of likely N-dealkylation sites (tertiary alicyclic amines) is 1. The van der Waals surface area contributed by atoms with Gasteiger partial charge in [-0.05, 0) is 26.4 Å². The zero-order valence-electron chi connectivity index (χ0n) is 10.2. The Bertz CT molecular complexity index is 268. The zero-order chi connectivity index (χ0) is 12.1. The van der Waals surface area contributed by atoms with Gasteiger partial charge in [0.1, 0.15) is 5.92 Å². The Morgan fingerprint density at radius 3 is 2.69 bits per heavy atom. The third-order valence-corrected chi connectivity index (χ3v) is 2.95. The summed E-state index contributed by atoms with van der Waals surface area (Å²) in [5.41, 5.74) is 0. The number of methoxy groups -OCH3 is 1. The Hall–Kier alpha value is -1.10. The van der Waals surface area contributed by atoms with Crippen LogP contribution in [-0.4, -0.2) is 50.1 Å². The molecular formula is C11H20N2O3. The molecule has 0 aliphatic carbocycles. The number of likely N-dealkylation sites (N-methyl/N-ethyl adjacent to an activating group) is 1. The van der Waals surface area contributed by atoms with Crippen LogP contribution in [0.2, 0.25) is 0 Å². The topological polar surface area (TPSA) is 58.6 Å². The number of rotatable bonds is 4. The van der Waals surface area contributed by atoms with E-state index >= 15 is 0 Å². The first-order valence-electron chi connectivity index (χ1n) is 5.65. The van der Waals surface area contributed by atoms with Crippen LogP contribution in [0.3, 0.4) is 0 Å². The van der Waals surface area contributed by atoms with Crippen LogP contribution in [-0.2, 0) is 14.3 Å². The number of hydrogen-bond acceptors (Lipinski definition) is 4. The van der Waals surface area contributed by atoms with E-state index in [1.165, 1.54) is 7.11 Å². The molecule has 1 saturated heterocycles. The fourth-order valence-corrected chi connectivity index (χ4v) is 1.96. The van der Waals surface area contributed by atoms with Gasteiger partial charge in [0.05, 0.1) is 7.11 Å². The van der Waals surface area contributed by atoms with E-state index in [1.54, 1.807) is 0 Å². The molecule has 1 aliphatic heterocycles. The third-order valence-electron chi connectivity index (χ3n) is 2.95. The Morgan fingerprint density at radius 2 is 2.25 bits per heavy atom. The molecule has 1 heterocycles. The number of amides is 1. The molecule has 1 amide bonds. The third kappa shape index (κ3) is 3.20. The van der Waals surface area contributed by atoms with Gasteiger partial charge in [0.25, 0.3) is 0 Å². The van der Waals surface area contributed by atoms with Crippen LogP contribution < -0.4 is 5.32 Å². The smallest absolute Gasteiger partial charge is 0.318 e. The van der Waals surface area contributed by atoms with Crippen LogP contribution in [0, 0.1) is 5.92 Å². The molecule has 2 unspecified atom stereocenters. The first-order valence-corrected chi connectivity index (χ1v) is 5.65. The van der Waals surface area contributed by atoms with Gasteiger partial charge in [0.15, 0.2) is 0 Å². The molecule has 92 valence electrons. The second-order valence-corrected chi connectivity index (χ2v) is 4.24. The molecule has 0 saturated carbocycles. The van der Waals surface area contributed by atoms with Gasteiger partial charge in [-0.1, -0.05) is 6.92 Å². The Balaban J connectivity index is 2.46. The monoisotopic (exact) mass is 228 g/mol. The van der Waals surface area contributed by atoms with E-state index in [9.17, 15) is 9.59 Å². The molecule has 5 heteroatoms. The first-order chi connectivity index (χ1) is 7.58. The predicted octanol–water partition coefficient (Wildman–Crippen LogP) is 0.00590. The summed E-state index contributed by atoms with van der Waals surface area (Å²) in [5.74, 6) is -1.34. The van der Waals surface area contributed by atoms with E-state index in [0.717, 1.165) is 19.5 Å². The van der Waals surface area contributed by atoms with Crippen LogP contribution in [0.1, 0.15) is 19.8 Å². The highest BCUT2D eigenvalue weighted by Crippen LogP contribution is 2.10. The van der Waals surface area contributed by atoms with Crippen molar-refractivity contribution in [3.8, 4) is 0 Å². The van der Waals surface area contributed by atoms with Gasteiger partial charge in [0, 0.05) is 12.6 Å². The summed E-state index contributed by atoms with van der Waals surface area (Å²) in [6, 6.07) is 0.163. The fraction of sp³-hybridized carbons (Fsp3) is 0.818. The average Bonchev–Trinajstić information content (AvgIpc) is 2.64.